The Morgan fingerprint density at radius 3 is 2.58 bits per heavy atom. The summed E-state index contributed by atoms with van der Waals surface area (Å²) in [7, 11) is 3.32. The molecule has 2 N–H and O–H groups in total. The zero-order valence-electron chi connectivity index (χ0n) is 14.9. The SMILES string of the molecule is COc1cccc(CCNc2cc(Nc3ccccc3OC)ncn2)c1. The van der Waals surface area contributed by atoms with Crippen molar-refractivity contribution in [3.05, 3.63) is 66.5 Å². The van der Waals surface area contributed by atoms with Gasteiger partial charge in [0.25, 0.3) is 0 Å². The van der Waals surface area contributed by atoms with Crippen LogP contribution in [0.5, 0.6) is 11.5 Å². The van der Waals surface area contributed by atoms with Crippen molar-refractivity contribution in [3.63, 3.8) is 0 Å². The van der Waals surface area contributed by atoms with Crippen LogP contribution in [0.1, 0.15) is 5.56 Å². The molecule has 0 aliphatic carbocycles. The number of hydrogen-bond acceptors (Lipinski definition) is 6. The normalized spacial score (nSPS) is 10.2. The van der Waals surface area contributed by atoms with Gasteiger partial charge in [0.1, 0.15) is 29.5 Å². The molecule has 0 unspecified atom stereocenters. The maximum absolute atomic E-state index is 5.35. The van der Waals surface area contributed by atoms with Crippen LogP contribution in [-0.2, 0) is 6.42 Å². The Labute approximate surface area is 153 Å². The second-order valence-corrected chi connectivity index (χ2v) is 5.64. The van der Waals surface area contributed by atoms with Gasteiger partial charge < -0.3 is 20.1 Å². The molecule has 3 aromatic rings. The van der Waals surface area contributed by atoms with Gasteiger partial charge in [-0.2, -0.15) is 0 Å². The lowest BCUT2D eigenvalue weighted by Crippen LogP contribution is -2.07. The molecular weight excluding hydrogens is 328 g/mol. The largest absolute Gasteiger partial charge is 0.497 e. The van der Waals surface area contributed by atoms with E-state index in [1.165, 1.54) is 11.9 Å². The van der Waals surface area contributed by atoms with E-state index in [9.17, 15) is 0 Å². The van der Waals surface area contributed by atoms with Gasteiger partial charge in [0, 0.05) is 12.6 Å². The van der Waals surface area contributed by atoms with E-state index in [0.717, 1.165) is 36.0 Å². The third-order valence-electron chi connectivity index (χ3n) is 3.89. The van der Waals surface area contributed by atoms with Gasteiger partial charge in [0.05, 0.1) is 19.9 Å². The Kier molecular flexibility index (Phi) is 5.88. The van der Waals surface area contributed by atoms with Crippen LogP contribution in [-0.4, -0.2) is 30.7 Å². The molecule has 0 radical (unpaired) electrons. The highest BCUT2D eigenvalue weighted by atomic mass is 16.5. The smallest absolute Gasteiger partial charge is 0.142 e. The molecule has 0 amide bonds. The van der Waals surface area contributed by atoms with E-state index < -0.39 is 0 Å². The predicted octanol–water partition coefficient (Wildman–Crippen LogP) is 3.89. The molecule has 6 nitrogen and oxygen atoms in total. The summed E-state index contributed by atoms with van der Waals surface area (Å²) in [6.07, 6.45) is 2.40. The van der Waals surface area contributed by atoms with E-state index >= 15 is 0 Å². The minimum atomic E-state index is 0.702. The minimum Gasteiger partial charge on any atom is -0.497 e. The Morgan fingerprint density at radius 1 is 0.885 bits per heavy atom. The Morgan fingerprint density at radius 2 is 1.73 bits per heavy atom. The zero-order chi connectivity index (χ0) is 18.2. The molecule has 6 heteroatoms. The van der Waals surface area contributed by atoms with E-state index in [2.05, 4.69) is 26.7 Å². The molecule has 26 heavy (non-hydrogen) atoms. The highest BCUT2D eigenvalue weighted by Gasteiger charge is 2.04. The molecular formula is C20H22N4O2. The minimum absolute atomic E-state index is 0.702. The third-order valence-corrected chi connectivity index (χ3v) is 3.89. The first kappa shape index (κ1) is 17.5. The molecule has 0 saturated heterocycles. The fourth-order valence-corrected chi connectivity index (χ4v) is 2.57. The number of aromatic nitrogens is 2. The van der Waals surface area contributed by atoms with E-state index in [4.69, 9.17) is 9.47 Å². The summed E-state index contributed by atoms with van der Waals surface area (Å²) in [4.78, 5) is 8.54. The lowest BCUT2D eigenvalue weighted by molar-refractivity contribution is 0.414. The summed E-state index contributed by atoms with van der Waals surface area (Å²) in [5.74, 6) is 3.10. The number of anilines is 3. The maximum Gasteiger partial charge on any atom is 0.142 e. The zero-order valence-corrected chi connectivity index (χ0v) is 14.9. The van der Waals surface area contributed by atoms with Gasteiger partial charge in [-0.25, -0.2) is 9.97 Å². The number of ether oxygens (including phenoxy) is 2. The standard InChI is InChI=1S/C20H22N4O2/c1-25-16-7-5-6-15(12-16)10-11-21-19-13-20(23-14-22-19)24-17-8-3-4-9-18(17)26-2/h3-9,12-14H,10-11H2,1-2H3,(H2,21,22,23,24). The Hall–Kier alpha value is -3.28. The van der Waals surface area contributed by atoms with Gasteiger partial charge in [-0.3, -0.25) is 0 Å². The molecule has 3 rings (SSSR count). The summed E-state index contributed by atoms with van der Waals surface area (Å²) in [5.41, 5.74) is 2.06. The Bertz CT molecular complexity index is 854. The number of hydrogen-bond donors (Lipinski definition) is 2. The summed E-state index contributed by atoms with van der Waals surface area (Å²) >= 11 is 0. The van der Waals surface area contributed by atoms with Crippen LogP contribution < -0.4 is 20.1 Å². The molecule has 2 aromatic carbocycles. The highest BCUT2D eigenvalue weighted by molar-refractivity contribution is 5.65. The van der Waals surface area contributed by atoms with Crippen molar-refractivity contribution in [1.82, 2.24) is 9.97 Å². The van der Waals surface area contributed by atoms with Crippen molar-refractivity contribution in [2.75, 3.05) is 31.4 Å². The van der Waals surface area contributed by atoms with Crippen LogP contribution in [0.2, 0.25) is 0 Å². The van der Waals surface area contributed by atoms with Crippen LogP contribution in [0.15, 0.2) is 60.9 Å². The van der Waals surface area contributed by atoms with E-state index in [1.54, 1.807) is 14.2 Å². The van der Waals surface area contributed by atoms with Crippen LogP contribution in [0.3, 0.4) is 0 Å². The summed E-state index contributed by atoms with van der Waals surface area (Å²) in [6, 6.07) is 17.6. The third kappa shape index (κ3) is 4.63. The van der Waals surface area contributed by atoms with Gasteiger partial charge >= 0.3 is 0 Å². The molecule has 0 aliphatic heterocycles. The summed E-state index contributed by atoms with van der Waals surface area (Å²) in [5, 5.41) is 6.58. The van der Waals surface area contributed by atoms with Gasteiger partial charge in [0.15, 0.2) is 0 Å². The van der Waals surface area contributed by atoms with Crippen molar-refractivity contribution in [3.8, 4) is 11.5 Å². The summed E-state index contributed by atoms with van der Waals surface area (Å²) < 4.78 is 10.6. The maximum atomic E-state index is 5.35. The second kappa shape index (κ2) is 8.71. The van der Waals surface area contributed by atoms with Crippen molar-refractivity contribution < 1.29 is 9.47 Å². The second-order valence-electron chi connectivity index (χ2n) is 5.64. The number of para-hydroxylation sites is 2. The van der Waals surface area contributed by atoms with Crippen molar-refractivity contribution >= 4 is 17.3 Å². The molecule has 1 heterocycles. The quantitative estimate of drug-likeness (QED) is 0.642. The van der Waals surface area contributed by atoms with Gasteiger partial charge in [0.2, 0.25) is 0 Å². The first-order valence-corrected chi connectivity index (χ1v) is 8.37. The molecule has 0 bridgehead atoms. The van der Waals surface area contributed by atoms with Crippen molar-refractivity contribution in [2.45, 2.75) is 6.42 Å². The number of nitrogens with zero attached hydrogens (tertiary/aromatic N) is 2. The average molecular weight is 350 g/mol. The first-order valence-electron chi connectivity index (χ1n) is 8.37. The van der Waals surface area contributed by atoms with E-state index in [0.29, 0.717) is 5.82 Å². The fourth-order valence-electron chi connectivity index (χ4n) is 2.57. The van der Waals surface area contributed by atoms with Crippen LogP contribution >= 0.6 is 0 Å². The van der Waals surface area contributed by atoms with Crippen LogP contribution in [0.25, 0.3) is 0 Å². The molecule has 0 spiro atoms. The number of methoxy groups -OCH3 is 2. The summed E-state index contributed by atoms with van der Waals surface area (Å²) in [6.45, 7) is 0.762. The molecule has 0 saturated carbocycles. The number of benzene rings is 2. The van der Waals surface area contributed by atoms with Crippen molar-refractivity contribution in [2.24, 2.45) is 0 Å². The number of rotatable bonds is 8. The average Bonchev–Trinajstić information content (AvgIpc) is 2.69. The molecule has 0 atom stereocenters. The fraction of sp³-hybridized carbons (Fsp3) is 0.200. The first-order chi connectivity index (χ1) is 12.8. The van der Waals surface area contributed by atoms with Crippen LogP contribution in [0, 0.1) is 0 Å². The molecule has 0 aliphatic rings. The molecule has 1 aromatic heterocycles. The van der Waals surface area contributed by atoms with Gasteiger partial charge in [-0.05, 0) is 36.2 Å². The highest BCUT2D eigenvalue weighted by Crippen LogP contribution is 2.26. The number of nitrogens with one attached hydrogen (secondary N) is 2. The lowest BCUT2D eigenvalue weighted by Gasteiger charge is -2.11. The van der Waals surface area contributed by atoms with E-state index in [-0.39, 0.29) is 0 Å². The van der Waals surface area contributed by atoms with Crippen molar-refractivity contribution in [1.29, 1.82) is 0 Å². The van der Waals surface area contributed by atoms with Gasteiger partial charge in [-0.15, -0.1) is 0 Å². The van der Waals surface area contributed by atoms with Crippen LogP contribution in [0.4, 0.5) is 17.3 Å². The Balaban J connectivity index is 1.60. The predicted molar refractivity (Wildman–Crippen MR) is 103 cm³/mol. The van der Waals surface area contributed by atoms with E-state index in [1.807, 2.05) is 48.5 Å². The van der Waals surface area contributed by atoms with Gasteiger partial charge in [-0.1, -0.05) is 24.3 Å². The molecule has 0 fully saturated rings. The molecule has 134 valence electrons. The lowest BCUT2D eigenvalue weighted by atomic mass is 10.1. The monoisotopic (exact) mass is 350 g/mol. The topological polar surface area (TPSA) is 68.3 Å².